The van der Waals surface area contributed by atoms with Gasteiger partial charge in [-0.2, -0.15) is 0 Å². The highest BCUT2D eigenvalue weighted by atomic mass is 35.5. The van der Waals surface area contributed by atoms with E-state index < -0.39 is 11.6 Å². The summed E-state index contributed by atoms with van der Waals surface area (Å²) in [5.41, 5.74) is 6.08. The fourth-order valence-electron chi connectivity index (χ4n) is 9.89. The van der Waals surface area contributed by atoms with Crippen LogP contribution in [0.3, 0.4) is 0 Å². The molecule has 280 valence electrons. The van der Waals surface area contributed by atoms with Gasteiger partial charge < -0.3 is 24.8 Å². The van der Waals surface area contributed by atoms with Gasteiger partial charge in [-0.05, 0) is 129 Å². The molecule has 0 radical (unpaired) electrons. The van der Waals surface area contributed by atoms with Crippen LogP contribution in [0.4, 0.5) is 5.69 Å². The van der Waals surface area contributed by atoms with Crippen LogP contribution in [0.25, 0.3) is 0 Å². The highest BCUT2D eigenvalue weighted by Crippen LogP contribution is 2.56. The Hall–Kier alpha value is -3.17. The highest BCUT2D eigenvalue weighted by Gasteiger charge is 2.54. The molecule has 3 aromatic rings. The molecule has 2 fully saturated rings. The van der Waals surface area contributed by atoms with E-state index in [0.717, 1.165) is 75.3 Å². The molecule has 0 amide bonds. The Morgan fingerprint density at radius 1 is 1.10 bits per heavy atom. The van der Waals surface area contributed by atoms with E-state index in [1.807, 2.05) is 30.5 Å². The lowest BCUT2D eigenvalue weighted by atomic mass is 9.59. The van der Waals surface area contributed by atoms with Crippen molar-refractivity contribution in [3.63, 3.8) is 0 Å². The first-order chi connectivity index (χ1) is 25.1. The smallest absolute Gasteiger partial charge is 0.331 e. The van der Waals surface area contributed by atoms with E-state index in [4.69, 9.17) is 21.1 Å². The summed E-state index contributed by atoms with van der Waals surface area (Å²) >= 11 is 6.36. The van der Waals surface area contributed by atoms with Crippen LogP contribution in [0.15, 0.2) is 54.7 Å². The topological polar surface area (TPSA) is 87.2 Å². The van der Waals surface area contributed by atoms with Gasteiger partial charge in [0.1, 0.15) is 11.3 Å². The Labute approximate surface area is 315 Å². The first-order valence-electron chi connectivity index (χ1n) is 19.5. The second kappa shape index (κ2) is 15.7. The molecule has 2 unspecified atom stereocenters. The van der Waals surface area contributed by atoms with Gasteiger partial charge in [0.05, 0.1) is 19.8 Å². The van der Waals surface area contributed by atoms with E-state index in [-0.39, 0.29) is 11.4 Å². The number of β-amino-alcohol motifs (C(OH)–C–C–N with tert-alkyl or cyclic N) is 1. The average Bonchev–Trinajstić information content (AvgIpc) is 3.43. The van der Waals surface area contributed by atoms with Crippen LogP contribution in [-0.4, -0.2) is 84.9 Å². The molecular weight excluding hydrogens is 672 g/mol. The third-order valence-electron chi connectivity index (χ3n) is 12.9. The summed E-state index contributed by atoms with van der Waals surface area (Å²) in [5, 5.41) is 15.8. The predicted octanol–water partition coefficient (Wildman–Crippen LogP) is 7.57. The van der Waals surface area contributed by atoms with Crippen molar-refractivity contribution in [2.45, 2.75) is 94.6 Å². The second-order valence-electron chi connectivity index (χ2n) is 16.4. The maximum Gasteiger partial charge on any atom is 0.331 e. The fraction of sp³-hybridized carbons (Fsp3) is 0.581. The Morgan fingerprint density at radius 2 is 1.88 bits per heavy atom. The van der Waals surface area contributed by atoms with E-state index in [2.05, 4.69) is 65.3 Å². The monoisotopic (exact) mass is 728 g/mol. The van der Waals surface area contributed by atoms with Crippen molar-refractivity contribution in [2.24, 2.45) is 11.8 Å². The number of nitrogens with one attached hydrogen (secondary N) is 1. The molecule has 2 aromatic carbocycles. The molecule has 52 heavy (non-hydrogen) atoms. The van der Waals surface area contributed by atoms with Crippen molar-refractivity contribution in [1.82, 2.24) is 14.8 Å². The van der Waals surface area contributed by atoms with E-state index in [9.17, 15) is 9.90 Å². The van der Waals surface area contributed by atoms with Crippen molar-refractivity contribution in [3.8, 4) is 5.75 Å². The number of hydrogen-bond donors (Lipinski definition) is 2. The summed E-state index contributed by atoms with van der Waals surface area (Å²) in [7, 11) is 3.64. The van der Waals surface area contributed by atoms with Gasteiger partial charge in [-0.3, -0.25) is 9.88 Å². The molecule has 2 N–H and O–H groups in total. The molecule has 9 heteroatoms. The first-order valence-corrected chi connectivity index (χ1v) is 19.9. The largest absolute Gasteiger partial charge is 0.493 e. The van der Waals surface area contributed by atoms with Crippen molar-refractivity contribution in [1.29, 1.82) is 0 Å². The molecule has 1 saturated heterocycles. The van der Waals surface area contributed by atoms with Gasteiger partial charge in [-0.15, -0.1) is 0 Å². The number of likely N-dealkylation sites (N-methyl/N-ethyl adjacent to an activating group) is 1. The van der Waals surface area contributed by atoms with Crippen molar-refractivity contribution in [3.05, 3.63) is 87.7 Å². The number of esters is 1. The number of hydrogen-bond acceptors (Lipinski definition) is 8. The van der Waals surface area contributed by atoms with E-state index in [1.54, 1.807) is 0 Å². The number of ether oxygens (including phenoxy) is 2. The maximum atomic E-state index is 13.6. The Balaban J connectivity index is 1.14. The zero-order valence-corrected chi connectivity index (χ0v) is 32.3. The summed E-state index contributed by atoms with van der Waals surface area (Å²) in [6.45, 7) is 9.91. The molecule has 4 aliphatic rings. The standard InChI is InChI=1S/C43H57ClN4O4/c1-29(28-52-39-13-18-45-37-10-5-7-30(2)40(37)39)23-33-24-31-11-12-32(38(49)27-48-21-19-47(3)20-22-48)25-36(31)42(33)14-16-43(17-15-42,41(50)51-4)46-35-9-6-8-34(44)26-35/h6,8-9,11-13,18,25-26,29-30,33,38,46,49H,5,7,10,14-17,19-24,27-28H2,1-4H3/t29-,30-,33?,38?,42?,43?/m1/s1. The van der Waals surface area contributed by atoms with Gasteiger partial charge >= 0.3 is 5.97 Å². The van der Waals surface area contributed by atoms with Crippen LogP contribution in [0, 0.1) is 11.8 Å². The highest BCUT2D eigenvalue weighted by molar-refractivity contribution is 6.30. The van der Waals surface area contributed by atoms with Gasteiger partial charge in [0, 0.05) is 60.9 Å². The molecular formula is C43H57ClN4O4. The maximum absolute atomic E-state index is 13.6. The lowest BCUT2D eigenvalue weighted by Gasteiger charge is -2.48. The zero-order valence-electron chi connectivity index (χ0n) is 31.5. The number of methoxy groups -OCH3 is 1. The normalized spacial score (nSPS) is 27.4. The molecule has 1 aliphatic heterocycles. The summed E-state index contributed by atoms with van der Waals surface area (Å²) < 4.78 is 12.1. The van der Waals surface area contributed by atoms with Crippen LogP contribution in [0.1, 0.15) is 98.8 Å². The number of halogens is 1. The number of fused-ring (bicyclic) bond motifs is 3. The van der Waals surface area contributed by atoms with E-state index >= 15 is 0 Å². The van der Waals surface area contributed by atoms with Gasteiger partial charge in [-0.1, -0.05) is 49.7 Å². The SMILES string of the molecule is COC(=O)C1(Nc2cccc(Cl)c2)CCC2(CC1)c1cc(C(O)CN3CCN(C)CC3)ccc1CC2C[C@@H](C)COc1ccnc2c1[C@H](C)CCC2. The number of aryl methyl sites for hydroxylation is 1. The number of carbonyl (C=O) groups is 1. The number of nitrogens with zero attached hydrogens (tertiary/aromatic N) is 3. The summed E-state index contributed by atoms with van der Waals surface area (Å²) in [5.74, 6) is 1.95. The van der Waals surface area contributed by atoms with Crippen LogP contribution in [0.2, 0.25) is 5.02 Å². The van der Waals surface area contributed by atoms with E-state index in [1.165, 1.54) is 42.3 Å². The molecule has 7 rings (SSSR count). The molecule has 1 spiro atoms. The number of aromatic nitrogens is 1. The van der Waals surface area contributed by atoms with Crippen molar-refractivity contribution >= 4 is 23.3 Å². The first kappa shape index (κ1) is 37.2. The Morgan fingerprint density at radius 3 is 2.63 bits per heavy atom. The van der Waals surface area contributed by atoms with Crippen LogP contribution in [0.5, 0.6) is 5.75 Å². The molecule has 8 nitrogen and oxygen atoms in total. The lowest BCUT2D eigenvalue weighted by Crippen LogP contribution is -2.53. The van der Waals surface area contributed by atoms with E-state index in [0.29, 0.717) is 48.8 Å². The minimum atomic E-state index is -0.845. The minimum absolute atomic E-state index is 0.120. The second-order valence-corrected chi connectivity index (χ2v) is 16.9. The van der Waals surface area contributed by atoms with Crippen molar-refractivity contribution in [2.75, 3.05) is 58.8 Å². The predicted molar refractivity (Wildman–Crippen MR) is 207 cm³/mol. The van der Waals surface area contributed by atoms with Gasteiger partial charge in [0.15, 0.2) is 0 Å². The number of benzene rings is 2. The van der Waals surface area contributed by atoms with Gasteiger partial charge in [0.25, 0.3) is 0 Å². The number of pyridine rings is 1. The number of aliphatic hydroxyl groups excluding tert-OH is 1. The molecule has 2 heterocycles. The van der Waals surface area contributed by atoms with Crippen LogP contribution in [-0.2, 0) is 27.8 Å². The van der Waals surface area contributed by atoms with Crippen LogP contribution < -0.4 is 10.1 Å². The molecule has 1 aromatic heterocycles. The Kier molecular flexibility index (Phi) is 11.2. The summed E-state index contributed by atoms with van der Waals surface area (Å²) in [4.78, 5) is 23.0. The number of anilines is 1. The molecule has 4 atom stereocenters. The fourth-order valence-corrected chi connectivity index (χ4v) is 10.1. The minimum Gasteiger partial charge on any atom is -0.493 e. The average molecular weight is 729 g/mol. The van der Waals surface area contributed by atoms with Crippen molar-refractivity contribution < 1.29 is 19.4 Å². The Bertz CT molecular complexity index is 1720. The third kappa shape index (κ3) is 7.59. The zero-order chi connectivity index (χ0) is 36.5. The number of aliphatic hydroxyl groups is 1. The number of piperazine rings is 1. The molecule has 0 bridgehead atoms. The number of rotatable bonds is 11. The third-order valence-corrected chi connectivity index (χ3v) is 13.1. The van der Waals surface area contributed by atoms with Gasteiger partial charge in [0.2, 0.25) is 0 Å². The lowest BCUT2D eigenvalue weighted by molar-refractivity contribution is -0.148. The molecule has 1 saturated carbocycles. The van der Waals surface area contributed by atoms with Gasteiger partial charge in [-0.25, -0.2) is 4.79 Å². The summed E-state index contributed by atoms with van der Waals surface area (Å²) in [6.07, 6.45) is 9.72. The number of carbonyl (C=O) groups excluding carboxylic acids is 1. The van der Waals surface area contributed by atoms with Crippen LogP contribution >= 0.6 is 11.6 Å². The molecule has 3 aliphatic carbocycles. The summed E-state index contributed by atoms with van der Waals surface area (Å²) in [6, 6.07) is 16.4. The quantitative estimate of drug-likeness (QED) is 0.196.